The van der Waals surface area contributed by atoms with Crippen molar-refractivity contribution in [3.63, 3.8) is 0 Å². The van der Waals surface area contributed by atoms with E-state index in [2.05, 4.69) is 5.10 Å². The summed E-state index contributed by atoms with van der Waals surface area (Å²) < 4.78 is 24.3. The average molecular weight is 256 g/mol. The van der Waals surface area contributed by atoms with E-state index in [1.807, 2.05) is 25.1 Å². The van der Waals surface area contributed by atoms with Crippen molar-refractivity contribution >= 4 is 23.2 Å². The largest absolute Gasteiger partial charge is 0.350 e. The van der Waals surface area contributed by atoms with Gasteiger partial charge in [0.2, 0.25) is 6.29 Å². The SMILES string of the molecule is COC(OC)c1nn(SF)c2cc(C)ccc12. The second-order valence-electron chi connectivity index (χ2n) is 3.65. The van der Waals surface area contributed by atoms with Crippen molar-refractivity contribution < 1.29 is 13.4 Å². The molecule has 0 saturated heterocycles. The van der Waals surface area contributed by atoms with Crippen LogP contribution in [0.5, 0.6) is 0 Å². The first-order chi connectivity index (χ1) is 8.21. The lowest BCUT2D eigenvalue weighted by molar-refractivity contribution is -0.107. The lowest BCUT2D eigenvalue weighted by Crippen LogP contribution is -2.05. The monoisotopic (exact) mass is 256 g/mol. The highest BCUT2D eigenvalue weighted by Gasteiger charge is 2.19. The Kier molecular flexibility index (Phi) is 3.66. The molecule has 0 unspecified atom stereocenters. The molecular weight excluding hydrogens is 243 g/mol. The number of fused-ring (bicyclic) bond motifs is 1. The van der Waals surface area contributed by atoms with Gasteiger partial charge in [-0.3, -0.25) is 0 Å². The number of methoxy groups -OCH3 is 2. The molecule has 1 aromatic carbocycles. The number of benzene rings is 1. The number of halogens is 1. The number of nitrogens with zero attached hydrogens (tertiary/aromatic N) is 2. The van der Waals surface area contributed by atoms with Gasteiger partial charge < -0.3 is 9.47 Å². The van der Waals surface area contributed by atoms with Gasteiger partial charge in [0.05, 0.1) is 5.52 Å². The van der Waals surface area contributed by atoms with Gasteiger partial charge in [0.15, 0.2) is 12.3 Å². The van der Waals surface area contributed by atoms with Crippen LogP contribution in [-0.4, -0.2) is 23.4 Å². The zero-order valence-corrected chi connectivity index (χ0v) is 10.6. The molecule has 0 atom stereocenters. The Labute approximate surface area is 103 Å². The van der Waals surface area contributed by atoms with Crippen LogP contribution in [0.3, 0.4) is 0 Å². The lowest BCUT2D eigenvalue weighted by Gasteiger charge is -2.10. The molecule has 0 aliphatic rings. The normalized spacial score (nSPS) is 11.6. The van der Waals surface area contributed by atoms with Crippen LogP contribution < -0.4 is 0 Å². The van der Waals surface area contributed by atoms with Crippen molar-refractivity contribution in [2.45, 2.75) is 13.2 Å². The van der Waals surface area contributed by atoms with Crippen molar-refractivity contribution in [1.82, 2.24) is 9.19 Å². The maximum absolute atomic E-state index is 12.8. The minimum Gasteiger partial charge on any atom is -0.350 e. The zero-order chi connectivity index (χ0) is 12.4. The Bertz CT molecular complexity index is 525. The number of hydrogen-bond donors (Lipinski definition) is 0. The number of aryl methyl sites for hydroxylation is 1. The Morgan fingerprint density at radius 2 is 2.06 bits per heavy atom. The highest BCUT2D eigenvalue weighted by Crippen LogP contribution is 2.29. The molecule has 0 bridgehead atoms. The highest BCUT2D eigenvalue weighted by atomic mass is 32.2. The van der Waals surface area contributed by atoms with E-state index < -0.39 is 6.29 Å². The fraction of sp³-hybridized carbons (Fsp3) is 0.364. The van der Waals surface area contributed by atoms with Crippen molar-refractivity contribution in [2.75, 3.05) is 14.2 Å². The molecule has 4 nitrogen and oxygen atoms in total. The molecule has 0 spiro atoms. The molecular formula is C11H13FN2O2S. The molecule has 6 heteroatoms. The summed E-state index contributed by atoms with van der Waals surface area (Å²) in [5, 5.41) is 4.97. The summed E-state index contributed by atoms with van der Waals surface area (Å²) in [6, 6.07) is 5.72. The Hall–Kier alpha value is -1.11. The smallest absolute Gasteiger partial charge is 0.203 e. The molecule has 0 aliphatic heterocycles. The number of hydrogen-bond acceptors (Lipinski definition) is 4. The molecule has 1 heterocycles. The summed E-state index contributed by atoms with van der Waals surface area (Å²) in [6.07, 6.45) is -0.589. The Morgan fingerprint density at radius 3 is 2.65 bits per heavy atom. The van der Waals surface area contributed by atoms with Crippen LogP contribution in [0.4, 0.5) is 3.89 Å². The molecule has 92 valence electrons. The van der Waals surface area contributed by atoms with E-state index >= 15 is 0 Å². The first kappa shape index (κ1) is 12.3. The van der Waals surface area contributed by atoms with E-state index in [1.165, 1.54) is 18.3 Å². The number of aromatic nitrogens is 2. The predicted octanol–water partition coefficient (Wildman–Crippen LogP) is 3.02. The lowest BCUT2D eigenvalue weighted by atomic mass is 10.1. The maximum Gasteiger partial charge on any atom is 0.203 e. The van der Waals surface area contributed by atoms with Crippen LogP contribution in [0.2, 0.25) is 0 Å². The molecule has 2 rings (SSSR count). The third-order valence-corrected chi connectivity index (χ3v) is 2.96. The first-order valence-corrected chi connectivity index (χ1v) is 5.72. The molecule has 0 amide bonds. The van der Waals surface area contributed by atoms with Gasteiger partial charge in [0.1, 0.15) is 5.69 Å². The summed E-state index contributed by atoms with van der Waals surface area (Å²) in [6.45, 7) is 1.95. The zero-order valence-electron chi connectivity index (χ0n) is 9.81. The molecule has 0 saturated carbocycles. The summed E-state index contributed by atoms with van der Waals surface area (Å²) >= 11 is 0.0607. The van der Waals surface area contributed by atoms with E-state index in [4.69, 9.17) is 9.47 Å². The van der Waals surface area contributed by atoms with E-state index in [-0.39, 0.29) is 12.3 Å². The van der Waals surface area contributed by atoms with Gasteiger partial charge in [0.25, 0.3) is 0 Å². The second-order valence-corrected chi connectivity index (χ2v) is 4.14. The molecule has 0 fully saturated rings. The van der Waals surface area contributed by atoms with Crippen LogP contribution in [-0.2, 0) is 9.47 Å². The molecule has 0 aliphatic carbocycles. The van der Waals surface area contributed by atoms with E-state index in [9.17, 15) is 3.89 Å². The topological polar surface area (TPSA) is 36.3 Å². The van der Waals surface area contributed by atoms with E-state index in [1.54, 1.807) is 0 Å². The van der Waals surface area contributed by atoms with Gasteiger partial charge in [-0.25, -0.2) is 0 Å². The average Bonchev–Trinajstić information content (AvgIpc) is 2.69. The van der Waals surface area contributed by atoms with E-state index in [0.717, 1.165) is 10.9 Å². The van der Waals surface area contributed by atoms with Crippen molar-refractivity contribution in [3.05, 3.63) is 29.5 Å². The van der Waals surface area contributed by atoms with Gasteiger partial charge in [0, 0.05) is 19.6 Å². The molecule has 17 heavy (non-hydrogen) atoms. The van der Waals surface area contributed by atoms with Crippen LogP contribution in [0, 0.1) is 6.92 Å². The third-order valence-electron chi connectivity index (χ3n) is 2.55. The van der Waals surface area contributed by atoms with Crippen LogP contribution in [0.15, 0.2) is 18.2 Å². The van der Waals surface area contributed by atoms with Crippen molar-refractivity contribution in [1.29, 1.82) is 0 Å². The van der Waals surface area contributed by atoms with Gasteiger partial charge in [-0.15, -0.1) is 3.89 Å². The summed E-state index contributed by atoms with van der Waals surface area (Å²) in [5.74, 6) is 0. The van der Waals surface area contributed by atoms with Crippen LogP contribution >= 0.6 is 12.3 Å². The Morgan fingerprint density at radius 1 is 1.35 bits per heavy atom. The number of ether oxygens (including phenoxy) is 2. The van der Waals surface area contributed by atoms with E-state index in [0.29, 0.717) is 11.2 Å². The number of rotatable bonds is 4. The summed E-state index contributed by atoms with van der Waals surface area (Å²) in [4.78, 5) is 0. The second kappa shape index (κ2) is 5.03. The molecule has 1 aromatic heterocycles. The minimum atomic E-state index is -0.589. The quantitative estimate of drug-likeness (QED) is 0.788. The fourth-order valence-electron chi connectivity index (χ4n) is 1.77. The first-order valence-electron chi connectivity index (χ1n) is 5.05. The van der Waals surface area contributed by atoms with Gasteiger partial charge in [-0.05, 0) is 18.6 Å². The molecule has 0 N–H and O–H groups in total. The highest BCUT2D eigenvalue weighted by molar-refractivity contribution is 7.92. The molecule has 2 aromatic rings. The fourth-order valence-corrected chi connectivity index (χ4v) is 2.11. The molecule has 0 radical (unpaired) electrons. The minimum absolute atomic E-state index is 0.0607. The van der Waals surface area contributed by atoms with Gasteiger partial charge in [-0.2, -0.15) is 9.19 Å². The Balaban J connectivity index is 2.64. The van der Waals surface area contributed by atoms with Crippen molar-refractivity contribution in [2.24, 2.45) is 0 Å². The van der Waals surface area contributed by atoms with Gasteiger partial charge in [-0.1, -0.05) is 12.1 Å². The van der Waals surface area contributed by atoms with Crippen LogP contribution in [0.25, 0.3) is 10.9 Å². The predicted molar refractivity (Wildman–Crippen MR) is 65.3 cm³/mol. The maximum atomic E-state index is 12.8. The summed E-state index contributed by atoms with van der Waals surface area (Å²) in [7, 11) is 3.05. The van der Waals surface area contributed by atoms with Gasteiger partial charge >= 0.3 is 0 Å². The summed E-state index contributed by atoms with van der Waals surface area (Å²) in [5.41, 5.74) is 2.34. The standard InChI is InChI=1S/C11H13FN2O2S/c1-7-4-5-8-9(6-7)14(17-12)13-10(8)11(15-2)16-3/h4-6,11H,1-3H3. The third kappa shape index (κ3) is 2.15. The van der Waals surface area contributed by atoms with Crippen molar-refractivity contribution in [3.8, 4) is 0 Å². The van der Waals surface area contributed by atoms with Crippen LogP contribution in [0.1, 0.15) is 17.5 Å².